The lowest BCUT2D eigenvalue weighted by atomic mass is 10.1. The fourth-order valence-electron chi connectivity index (χ4n) is 3.00. The van der Waals surface area contributed by atoms with Gasteiger partial charge in [0.15, 0.2) is 0 Å². The molecule has 1 aromatic carbocycles. The van der Waals surface area contributed by atoms with Gasteiger partial charge in [0.05, 0.1) is 6.54 Å². The number of amides is 1. The Morgan fingerprint density at radius 3 is 2.38 bits per heavy atom. The summed E-state index contributed by atoms with van der Waals surface area (Å²) in [4.78, 5) is 29.2. The Morgan fingerprint density at radius 1 is 1.00 bits per heavy atom. The SMILES string of the molecule is O=C(c1ccc(Cn2cncn2)cc1)N1CCN(c2ncccn2)CC1. The molecule has 0 spiro atoms. The summed E-state index contributed by atoms with van der Waals surface area (Å²) in [7, 11) is 0. The van der Waals surface area contributed by atoms with Crippen LogP contribution in [0.5, 0.6) is 0 Å². The minimum Gasteiger partial charge on any atom is -0.337 e. The molecule has 1 aliphatic heterocycles. The van der Waals surface area contributed by atoms with Crippen molar-refractivity contribution in [1.29, 1.82) is 0 Å². The maximum atomic E-state index is 12.7. The monoisotopic (exact) mass is 349 g/mol. The first-order valence-corrected chi connectivity index (χ1v) is 8.52. The molecule has 0 saturated carbocycles. The second-order valence-electron chi connectivity index (χ2n) is 6.12. The summed E-state index contributed by atoms with van der Waals surface area (Å²) in [6.45, 7) is 3.44. The normalized spacial score (nSPS) is 14.5. The van der Waals surface area contributed by atoms with Crippen LogP contribution in [0.2, 0.25) is 0 Å². The lowest BCUT2D eigenvalue weighted by Crippen LogP contribution is -2.49. The number of hydrogen-bond acceptors (Lipinski definition) is 6. The van der Waals surface area contributed by atoms with Gasteiger partial charge in [-0.15, -0.1) is 0 Å². The second kappa shape index (κ2) is 7.30. The van der Waals surface area contributed by atoms with Gasteiger partial charge in [0.1, 0.15) is 12.7 Å². The van der Waals surface area contributed by atoms with Gasteiger partial charge in [0.2, 0.25) is 5.95 Å². The Kier molecular flexibility index (Phi) is 4.55. The van der Waals surface area contributed by atoms with Gasteiger partial charge < -0.3 is 9.80 Å². The van der Waals surface area contributed by atoms with E-state index in [0.717, 1.165) is 24.6 Å². The van der Waals surface area contributed by atoms with Crippen LogP contribution in [0.15, 0.2) is 55.4 Å². The zero-order valence-electron chi connectivity index (χ0n) is 14.3. The maximum Gasteiger partial charge on any atom is 0.253 e. The highest BCUT2D eigenvalue weighted by Crippen LogP contribution is 2.13. The number of benzene rings is 1. The molecule has 1 fully saturated rings. The van der Waals surface area contributed by atoms with Crippen LogP contribution in [0.4, 0.5) is 5.95 Å². The zero-order chi connectivity index (χ0) is 17.8. The predicted molar refractivity (Wildman–Crippen MR) is 95.7 cm³/mol. The number of rotatable bonds is 4. The van der Waals surface area contributed by atoms with Crippen LogP contribution in [0.25, 0.3) is 0 Å². The molecule has 0 atom stereocenters. The van der Waals surface area contributed by atoms with Crippen LogP contribution in [-0.4, -0.2) is 61.7 Å². The molecule has 3 heterocycles. The highest BCUT2D eigenvalue weighted by atomic mass is 16.2. The summed E-state index contributed by atoms with van der Waals surface area (Å²) in [5, 5.41) is 4.09. The third kappa shape index (κ3) is 3.53. The van der Waals surface area contributed by atoms with Crippen molar-refractivity contribution in [3.05, 3.63) is 66.5 Å². The van der Waals surface area contributed by atoms with E-state index in [-0.39, 0.29) is 5.91 Å². The van der Waals surface area contributed by atoms with Gasteiger partial charge in [-0.3, -0.25) is 4.79 Å². The van der Waals surface area contributed by atoms with Gasteiger partial charge in [0.25, 0.3) is 5.91 Å². The molecule has 8 heteroatoms. The van der Waals surface area contributed by atoms with Crippen LogP contribution < -0.4 is 4.90 Å². The van der Waals surface area contributed by atoms with Gasteiger partial charge in [-0.25, -0.2) is 19.6 Å². The molecule has 4 rings (SSSR count). The fraction of sp³-hybridized carbons (Fsp3) is 0.278. The van der Waals surface area contributed by atoms with Gasteiger partial charge in [-0.1, -0.05) is 12.1 Å². The minimum absolute atomic E-state index is 0.0611. The van der Waals surface area contributed by atoms with Crippen molar-refractivity contribution in [2.75, 3.05) is 31.1 Å². The molecule has 0 N–H and O–H groups in total. The number of piperazine rings is 1. The molecule has 0 bridgehead atoms. The molecule has 26 heavy (non-hydrogen) atoms. The summed E-state index contributed by atoms with van der Waals surface area (Å²) in [5.41, 5.74) is 1.79. The van der Waals surface area contributed by atoms with Crippen molar-refractivity contribution in [2.45, 2.75) is 6.54 Å². The van der Waals surface area contributed by atoms with Crippen molar-refractivity contribution in [3.63, 3.8) is 0 Å². The molecular formula is C18H19N7O. The lowest BCUT2D eigenvalue weighted by Gasteiger charge is -2.34. The van der Waals surface area contributed by atoms with E-state index < -0.39 is 0 Å². The molecule has 0 unspecified atom stereocenters. The lowest BCUT2D eigenvalue weighted by molar-refractivity contribution is 0.0746. The third-order valence-electron chi connectivity index (χ3n) is 4.41. The number of carbonyl (C=O) groups excluding carboxylic acids is 1. The average Bonchev–Trinajstić information content (AvgIpc) is 3.22. The van der Waals surface area contributed by atoms with E-state index in [1.165, 1.54) is 6.33 Å². The van der Waals surface area contributed by atoms with Gasteiger partial charge in [0, 0.05) is 44.1 Å². The van der Waals surface area contributed by atoms with Crippen molar-refractivity contribution < 1.29 is 4.79 Å². The summed E-state index contributed by atoms with van der Waals surface area (Å²) >= 11 is 0. The molecule has 8 nitrogen and oxygen atoms in total. The first-order chi connectivity index (χ1) is 12.8. The maximum absolute atomic E-state index is 12.7. The number of anilines is 1. The highest BCUT2D eigenvalue weighted by Gasteiger charge is 2.23. The van der Waals surface area contributed by atoms with E-state index in [1.807, 2.05) is 29.2 Å². The second-order valence-corrected chi connectivity index (χ2v) is 6.12. The van der Waals surface area contributed by atoms with Crippen LogP contribution >= 0.6 is 0 Å². The Hall–Kier alpha value is -3.29. The number of nitrogens with zero attached hydrogens (tertiary/aromatic N) is 7. The van der Waals surface area contributed by atoms with Crippen molar-refractivity contribution in [3.8, 4) is 0 Å². The number of aromatic nitrogens is 5. The summed E-state index contributed by atoms with van der Waals surface area (Å²) in [6.07, 6.45) is 6.66. The topological polar surface area (TPSA) is 80.0 Å². The average molecular weight is 349 g/mol. The predicted octanol–water partition coefficient (Wildman–Crippen LogP) is 1.08. The molecule has 1 aliphatic rings. The number of hydrogen-bond donors (Lipinski definition) is 0. The van der Waals surface area contributed by atoms with Crippen LogP contribution in [-0.2, 0) is 6.54 Å². The van der Waals surface area contributed by atoms with E-state index in [0.29, 0.717) is 25.2 Å². The first-order valence-electron chi connectivity index (χ1n) is 8.52. The van der Waals surface area contributed by atoms with Crippen molar-refractivity contribution >= 4 is 11.9 Å². The van der Waals surface area contributed by atoms with Crippen molar-refractivity contribution in [1.82, 2.24) is 29.6 Å². The summed E-state index contributed by atoms with van der Waals surface area (Å²) < 4.78 is 1.75. The van der Waals surface area contributed by atoms with Crippen LogP contribution in [0.1, 0.15) is 15.9 Å². The molecule has 0 radical (unpaired) electrons. The van der Waals surface area contributed by atoms with Gasteiger partial charge >= 0.3 is 0 Å². The van der Waals surface area contributed by atoms with Crippen LogP contribution in [0, 0.1) is 0 Å². The van der Waals surface area contributed by atoms with Crippen molar-refractivity contribution in [2.24, 2.45) is 0 Å². The largest absolute Gasteiger partial charge is 0.337 e. The molecule has 2 aromatic heterocycles. The molecule has 1 amide bonds. The summed E-state index contributed by atoms with van der Waals surface area (Å²) in [5.74, 6) is 0.781. The Morgan fingerprint density at radius 2 is 1.73 bits per heavy atom. The van der Waals surface area contributed by atoms with Gasteiger partial charge in [-0.2, -0.15) is 5.10 Å². The van der Waals surface area contributed by atoms with E-state index in [9.17, 15) is 4.79 Å². The zero-order valence-corrected chi connectivity index (χ0v) is 14.3. The fourth-order valence-corrected chi connectivity index (χ4v) is 3.00. The Bertz CT molecular complexity index is 841. The standard InChI is InChI=1S/C18H19N7O/c26-17(16-4-2-15(3-5-16)12-25-14-19-13-22-25)23-8-10-24(11-9-23)18-20-6-1-7-21-18/h1-7,13-14H,8-12H2. The smallest absolute Gasteiger partial charge is 0.253 e. The van der Waals surface area contributed by atoms with Gasteiger partial charge in [-0.05, 0) is 23.8 Å². The van der Waals surface area contributed by atoms with E-state index in [2.05, 4.69) is 25.0 Å². The quantitative estimate of drug-likeness (QED) is 0.701. The Balaban J connectivity index is 1.36. The molecule has 3 aromatic rings. The molecule has 1 saturated heterocycles. The number of carbonyl (C=O) groups is 1. The molecular weight excluding hydrogens is 330 g/mol. The third-order valence-corrected chi connectivity index (χ3v) is 4.41. The van der Waals surface area contributed by atoms with E-state index in [1.54, 1.807) is 29.5 Å². The van der Waals surface area contributed by atoms with E-state index in [4.69, 9.17) is 0 Å². The molecule has 0 aliphatic carbocycles. The summed E-state index contributed by atoms with van der Waals surface area (Å²) in [6, 6.07) is 9.48. The minimum atomic E-state index is 0.0611. The Labute approximate surface area is 151 Å². The highest BCUT2D eigenvalue weighted by molar-refractivity contribution is 5.94. The van der Waals surface area contributed by atoms with E-state index >= 15 is 0 Å². The molecule has 132 valence electrons. The van der Waals surface area contributed by atoms with Crippen LogP contribution in [0.3, 0.4) is 0 Å². The first kappa shape index (κ1) is 16.2.